The fraction of sp³-hybridized carbons (Fsp3) is 0.286. The van der Waals surface area contributed by atoms with Crippen LogP contribution in [0.15, 0.2) is 29.4 Å². The molecule has 0 atom stereocenters. The van der Waals surface area contributed by atoms with E-state index in [1.807, 2.05) is 37.6 Å². The van der Waals surface area contributed by atoms with E-state index in [0.29, 0.717) is 18.4 Å². The fourth-order valence-corrected chi connectivity index (χ4v) is 2.36. The molecule has 110 valence electrons. The van der Waals surface area contributed by atoms with Gasteiger partial charge in [0.05, 0.1) is 0 Å². The summed E-state index contributed by atoms with van der Waals surface area (Å²) >= 11 is 1.50. The first-order chi connectivity index (χ1) is 10.3. The average molecular weight is 304 g/mol. The van der Waals surface area contributed by atoms with Crippen molar-refractivity contribution in [2.75, 3.05) is 37.2 Å². The molecule has 7 heteroatoms. The first kappa shape index (κ1) is 13.8. The lowest BCUT2D eigenvalue weighted by Gasteiger charge is -2.19. The summed E-state index contributed by atoms with van der Waals surface area (Å²) in [5.74, 6) is 3.03. The number of rotatable bonds is 4. The van der Waals surface area contributed by atoms with E-state index >= 15 is 0 Å². The first-order valence-electron chi connectivity index (χ1n) is 6.56. The maximum atomic E-state index is 5.58. The van der Waals surface area contributed by atoms with E-state index in [9.17, 15) is 0 Å². The van der Waals surface area contributed by atoms with E-state index < -0.39 is 0 Å². The Bertz CT molecular complexity index is 629. The third-order valence-corrected chi connectivity index (χ3v) is 3.51. The molecule has 2 heterocycles. The molecule has 1 aromatic heterocycles. The van der Waals surface area contributed by atoms with Crippen LogP contribution in [-0.2, 0) is 0 Å². The molecule has 0 saturated heterocycles. The van der Waals surface area contributed by atoms with Crippen LogP contribution < -0.4 is 20.1 Å². The molecule has 0 unspecified atom stereocenters. The van der Waals surface area contributed by atoms with Crippen molar-refractivity contribution >= 4 is 29.1 Å². The number of ether oxygens (including phenoxy) is 2. The molecule has 0 saturated carbocycles. The summed E-state index contributed by atoms with van der Waals surface area (Å²) in [5, 5.41) is 7.00. The second kappa shape index (κ2) is 6.09. The molecule has 1 aromatic carbocycles. The van der Waals surface area contributed by atoms with Gasteiger partial charge in [-0.2, -0.15) is 0 Å². The minimum atomic E-state index is 0.574. The van der Waals surface area contributed by atoms with Crippen molar-refractivity contribution in [3.8, 4) is 11.5 Å². The van der Waals surface area contributed by atoms with Crippen LogP contribution in [0.3, 0.4) is 0 Å². The van der Waals surface area contributed by atoms with Gasteiger partial charge in [-0.05, 0) is 18.4 Å². The van der Waals surface area contributed by atoms with E-state index in [1.165, 1.54) is 11.8 Å². The van der Waals surface area contributed by atoms with Crippen molar-refractivity contribution in [3.63, 3.8) is 0 Å². The van der Waals surface area contributed by atoms with Gasteiger partial charge >= 0.3 is 0 Å². The number of nitrogens with zero attached hydrogens (tertiary/aromatic N) is 2. The minimum absolute atomic E-state index is 0.574. The maximum Gasteiger partial charge on any atom is 0.191 e. The Kier molecular flexibility index (Phi) is 4.01. The lowest BCUT2D eigenvalue weighted by molar-refractivity contribution is 0.171. The number of thioether (sulfide) groups is 1. The van der Waals surface area contributed by atoms with Gasteiger partial charge in [-0.25, -0.2) is 9.97 Å². The molecule has 3 rings (SSSR count). The van der Waals surface area contributed by atoms with Gasteiger partial charge in [-0.1, -0.05) is 11.8 Å². The van der Waals surface area contributed by atoms with Crippen LogP contribution >= 0.6 is 11.8 Å². The summed E-state index contributed by atoms with van der Waals surface area (Å²) in [5.41, 5.74) is 0.895. The molecule has 0 radical (unpaired) electrons. The van der Waals surface area contributed by atoms with E-state index in [-0.39, 0.29) is 0 Å². The molecule has 0 amide bonds. The van der Waals surface area contributed by atoms with Gasteiger partial charge in [-0.3, -0.25) is 0 Å². The number of fused-ring (bicyclic) bond motifs is 1. The highest BCUT2D eigenvalue weighted by molar-refractivity contribution is 7.98. The summed E-state index contributed by atoms with van der Waals surface area (Å²) < 4.78 is 11.1. The maximum absolute atomic E-state index is 5.58. The number of anilines is 3. The Balaban J connectivity index is 1.86. The third-order valence-electron chi connectivity index (χ3n) is 2.96. The minimum Gasteiger partial charge on any atom is -0.486 e. The standard InChI is InChI=1S/C14H16N4O2S/c1-15-12-8-13(18-14(17-12)21-2)16-9-3-4-10-11(7-9)20-6-5-19-10/h3-4,7-8H,5-6H2,1-2H3,(H2,15,16,17,18). The molecule has 21 heavy (non-hydrogen) atoms. The quantitative estimate of drug-likeness (QED) is 0.665. The van der Waals surface area contributed by atoms with Gasteiger partial charge in [0.1, 0.15) is 24.8 Å². The van der Waals surface area contributed by atoms with Gasteiger partial charge in [0.25, 0.3) is 0 Å². The summed E-state index contributed by atoms with van der Waals surface area (Å²) in [7, 11) is 1.83. The topological polar surface area (TPSA) is 68.3 Å². The van der Waals surface area contributed by atoms with Crippen molar-refractivity contribution in [1.82, 2.24) is 9.97 Å². The molecule has 0 spiro atoms. The number of nitrogens with one attached hydrogen (secondary N) is 2. The number of benzene rings is 1. The Morgan fingerprint density at radius 3 is 2.57 bits per heavy atom. The monoisotopic (exact) mass is 304 g/mol. The molecular formula is C14H16N4O2S. The van der Waals surface area contributed by atoms with Crippen molar-refractivity contribution in [2.45, 2.75) is 5.16 Å². The van der Waals surface area contributed by atoms with Crippen LogP contribution in [0.25, 0.3) is 0 Å². The highest BCUT2D eigenvalue weighted by atomic mass is 32.2. The van der Waals surface area contributed by atoms with Crippen LogP contribution in [0, 0.1) is 0 Å². The number of hydrogen-bond donors (Lipinski definition) is 2. The summed E-state index contributed by atoms with van der Waals surface area (Å²) in [4.78, 5) is 8.77. The zero-order chi connectivity index (χ0) is 14.7. The van der Waals surface area contributed by atoms with Crippen LogP contribution in [0.4, 0.5) is 17.3 Å². The predicted molar refractivity (Wildman–Crippen MR) is 84.1 cm³/mol. The van der Waals surface area contributed by atoms with E-state index in [2.05, 4.69) is 20.6 Å². The van der Waals surface area contributed by atoms with Crippen molar-refractivity contribution < 1.29 is 9.47 Å². The average Bonchev–Trinajstić information content (AvgIpc) is 2.54. The molecule has 2 aromatic rings. The van der Waals surface area contributed by atoms with Crippen LogP contribution in [-0.4, -0.2) is 36.5 Å². The van der Waals surface area contributed by atoms with Gasteiger partial charge in [0.15, 0.2) is 16.7 Å². The highest BCUT2D eigenvalue weighted by Gasteiger charge is 2.12. The third kappa shape index (κ3) is 3.13. The molecule has 2 N–H and O–H groups in total. The zero-order valence-corrected chi connectivity index (χ0v) is 12.7. The molecular weight excluding hydrogens is 288 g/mol. The predicted octanol–water partition coefficient (Wildman–Crippen LogP) is 2.76. The molecule has 1 aliphatic rings. The SMILES string of the molecule is CNc1cc(Nc2ccc3c(c2)OCCO3)nc(SC)n1. The summed E-state index contributed by atoms with van der Waals surface area (Å²) in [6.45, 7) is 1.17. The lowest BCUT2D eigenvalue weighted by Crippen LogP contribution is -2.15. The van der Waals surface area contributed by atoms with Crippen LogP contribution in [0.5, 0.6) is 11.5 Å². The van der Waals surface area contributed by atoms with Gasteiger partial charge in [0, 0.05) is 24.9 Å². The van der Waals surface area contributed by atoms with Crippen molar-refractivity contribution in [1.29, 1.82) is 0 Å². The molecule has 0 bridgehead atoms. The Labute approximate surface area is 127 Å². The second-order valence-corrected chi connectivity index (χ2v) is 5.13. The normalized spacial score (nSPS) is 12.9. The Morgan fingerprint density at radius 2 is 1.81 bits per heavy atom. The molecule has 0 aliphatic carbocycles. The van der Waals surface area contributed by atoms with E-state index in [1.54, 1.807) is 0 Å². The molecule has 6 nitrogen and oxygen atoms in total. The van der Waals surface area contributed by atoms with Crippen molar-refractivity contribution in [3.05, 3.63) is 24.3 Å². The van der Waals surface area contributed by atoms with E-state index in [0.717, 1.165) is 28.8 Å². The smallest absolute Gasteiger partial charge is 0.191 e. The highest BCUT2D eigenvalue weighted by Crippen LogP contribution is 2.33. The first-order valence-corrected chi connectivity index (χ1v) is 7.78. The Morgan fingerprint density at radius 1 is 1.05 bits per heavy atom. The van der Waals surface area contributed by atoms with Crippen LogP contribution in [0.2, 0.25) is 0 Å². The Hall–Kier alpha value is -2.15. The second-order valence-electron chi connectivity index (χ2n) is 4.36. The van der Waals surface area contributed by atoms with Crippen molar-refractivity contribution in [2.24, 2.45) is 0 Å². The fourth-order valence-electron chi connectivity index (χ4n) is 1.98. The largest absolute Gasteiger partial charge is 0.486 e. The van der Waals surface area contributed by atoms with Gasteiger partial charge in [-0.15, -0.1) is 0 Å². The zero-order valence-electron chi connectivity index (χ0n) is 11.8. The lowest BCUT2D eigenvalue weighted by atomic mass is 10.2. The number of hydrogen-bond acceptors (Lipinski definition) is 7. The molecule has 0 fully saturated rings. The van der Waals surface area contributed by atoms with Gasteiger partial charge in [0.2, 0.25) is 0 Å². The summed E-state index contributed by atoms with van der Waals surface area (Å²) in [6.07, 6.45) is 1.95. The number of aromatic nitrogens is 2. The van der Waals surface area contributed by atoms with E-state index in [4.69, 9.17) is 9.47 Å². The van der Waals surface area contributed by atoms with Gasteiger partial charge < -0.3 is 20.1 Å². The molecule has 1 aliphatic heterocycles. The summed E-state index contributed by atoms with van der Waals surface area (Å²) in [6, 6.07) is 7.60. The van der Waals surface area contributed by atoms with Crippen LogP contribution in [0.1, 0.15) is 0 Å².